The molecule has 50 valence electrons. The minimum Gasteiger partial charge on any atom is -0.0925 e. The van der Waals surface area contributed by atoms with Gasteiger partial charge in [0.05, 0.1) is 0 Å². The van der Waals surface area contributed by atoms with Gasteiger partial charge in [0.15, 0.2) is 0 Å². The predicted molar refractivity (Wildman–Crippen MR) is 40.6 cm³/mol. The number of rotatable bonds is 1. The van der Waals surface area contributed by atoms with Crippen LogP contribution in [0.15, 0.2) is 0 Å². The molecule has 0 unspecified atom stereocenters. The Balaban J connectivity index is 1.93. The maximum Gasteiger partial charge on any atom is 0.00707 e. The summed E-state index contributed by atoms with van der Waals surface area (Å²) >= 11 is 3.61. The molecule has 0 aromatic carbocycles. The second-order valence-corrected chi connectivity index (χ2v) is 4.67. The maximum atomic E-state index is 3.61. The summed E-state index contributed by atoms with van der Waals surface area (Å²) in [5.74, 6) is 1.10. The molecule has 3 aliphatic carbocycles. The summed E-state index contributed by atoms with van der Waals surface area (Å²) in [6, 6.07) is 0. The van der Waals surface area contributed by atoms with E-state index in [2.05, 4.69) is 15.9 Å². The summed E-state index contributed by atoms with van der Waals surface area (Å²) in [4.78, 5) is 0. The van der Waals surface area contributed by atoms with Gasteiger partial charge in [-0.3, -0.25) is 0 Å². The smallest absolute Gasteiger partial charge is 0.00707 e. The van der Waals surface area contributed by atoms with E-state index >= 15 is 0 Å². The van der Waals surface area contributed by atoms with Crippen molar-refractivity contribution >= 4 is 15.9 Å². The molecule has 0 aromatic heterocycles. The van der Waals surface area contributed by atoms with E-state index in [1.807, 2.05) is 0 Å². The molecule has 3 aliphatic rings. The zero-order valence-corrected chi connectivity index (χ0v) is 7.08. The third kappa shape index (κ3) is 0.359. The first-order chi connectivity index (χ1) is 4.36. The Labute approximate surface area is 64.1 Å². The van der Waals surface area contributed by atoms with Crippen molar-refractivity contribution in [2.75, 3.05) is 5.33 Å². The van der Waals surface area contributed by atoms with Crippen LogP contribution in [0.3, 0.4) is 0 Å². The lowest BCUT2D eigenvalue weighted by molar-refractivity contribution is 0.716. The Morgan fingerprint density at radius 3 is 1.67 bits per heavy atom. The zero-order chi connectivity index (χ0) is 6.11. The van der Waals surface area contributed by atoms with Crippen LogP contribution < -0.4 is 0 Å². The molecule has 0 N–H and O–H groups in total. The van der Waals surface area contributed by atoms with E-state index in [1.54, 1.807) is 25.7 Å². The van der Waals surface area contributed by atoms with Gasteiger partial charge in [-0.05, 0) is 42.4 Å². The lowest BCUT2D eigenvalue weighted by Crippen LogP contribution is -1.78. The number of alkyl halides is 1. The Hall–Kier alpha value is 0.480. The van der Waals surface area contributed by atoms with Gasteiger partial charge < -0.3 is 0 Å². The zero-order valence-electron chi connectivity index (χ0n) is 5.49. The van der Waals surface area contributed by atoms with E-state index in [-0.39, 0.29) is 0 Å². The van der Waals surface area contributed by atoms with Crippen LogP contribution in [-0.4, -0.2) is 5.33 Å². The lowest BCUT2D eigenvalue weighted by Gasteiger charge is -1.80. The Morgan fingerprint density at radius 1 is 1.11 bits per heavy atom. The molecule has 3 fully saturated rings. The molecule has 0 radical (unpaired) electrons. The van der Waals surface area contributed by atoms with E-state index in [4.69, 9.17) is 0 Å². The van der Waals surface area contributed by atoms with Crippen LogP contribution in [0.25, 0.3) is 0 Å². The molecule has 0 atom stereocenters. The van der Waals surface area contributed by atoms with Crippen molar-refractivity contribution in [3.8, 4) is 0 Å². The minimum atomic E-state index is 0.927. The van der Waals surface area contributed by atoms with E-state index in [1.165, 1.54) is 5.33 Å². The van der Waals surface area contributed by atoms with Gasteiger partial charge >= 0.3 is 0 Å². The Kier molecular flexibility index (Phi) is 0.650. The van der Waals surface area contributed by atoms with Gasteiger partial charge in [-0.2, -0.15) is 0 Å². The molecule has 3 saturated carbocycles. The maximum absolute atomic E-state index is 3.61. The first-order valence-electron chi connectivity index (χ1n) is 3.92. The highest BCUT2D eigenvalue weighted by Gasteiger charge is 2.85. The molecule has 0 nitrogen and oxygen atoms in total. The molecule has 0 amide bonds. The summed E-state index contributed by atoms with van der Waals surface area (Å²) in [5.41, 5.74) is 1.85. The molecule has 0 aromatic rings. The number of hydrogen-bond acceptors (Lipinski definition) is 0. The molecule has 3 rings (SSSR count). The molecule has 0 heterocycles. The summed E-state index contributed by atoms with van der Waals surface area (Å²) in [6.45, 7) is 0. The second kappa shape index (κ2) is 1.13. The van der Waals surface area contributed by atoms with Crippen molar-refractivity contribution < 1.29 is 0 Å². The average Bonchev–Trinajstić information content (AvgIpc) is 2.56. The lowest BCUT2D eigenvalue weighted by atomic mass is 10.3. The highest BCUT2D eigenvalue weighted by Crippen LogP contribution is 2.92. The van der Waals surface area contributed by atoms with Gasteiger partial charge in [0.2, 0.25) is 0 Å². The van der Waals surface area contributed by atoms with Crippen LogP contribution >= 0.6 is 15.9 Å². The quantitative estimate of drug-likeness (QED) is 0.553. The summed E-state index contributed by atoms with van der Waals surface area (Å²) in [7, 11) is 0. The topological polar surface area (TPSA) is 0 Å². The van der Waals surface area contributed by atoms with Crippen LogP contribution in [0.4, 0.5) is 0 Å². The molecule has 0 bridgehead atoms. The number of hydrogen-bond donors (Lipinski definition) is 0. The standard InChI is InChI=1S/C8H11Br/c9-5-6-7(1-2-7)8(6)3-4-8/h6H,1-5H2. The van der Waals surface area contributed by atoms with Crippen molar-refractivity contribution in [3.05, 3.63) is 0 Å². The van der Waals surface area contributed by atoms with Gasteiger partial charge in [0, 0.05) is 5.33 Å². The Bertz CT molecular complexity index is 147. The van der Waals surface area contributed by atoms with E-state index < -0.39 is 0 Å². The van der Waals surface area contributed by atoms with E-state index in [0.717, 1.165) is 16.7 Å². The van der Waals surface area contributed by atoms with Crippen LogP contribution in [0.1, 0.15) is 25.7 Å². The first-order valence-corrected chi connectivity index (χ1v) is 5.04. The first kappa shape index (κ1) is 5.17. The summed E-state index contributed by atoms with van der Waals surface area (Å²) < 4.78 is 0. The molecule has 1 heteroatoms. The van der Waals surface area contributed by atoms with Gasteiger partial charge in [-0.15, -0.1) is 0 Å². The van der Waals surface area contributed by atoms with Crippen molar-refractivity contribution in [1.82, 2.24) is 0 Å². The fourth-order valence-electron chi connectivity index (χ4n) is 3.10. The van der Waals surface area contributed by atoms with Crippen LogP contribution in [0, 0.1) is 16.7 Å². The van der Waals surface area contributed by atoms with Crippen LogP contribution in [0.5, 0.6) is 0 Å². The Morgan fingerprint density at radius 2 is 1.56 bits per heavy atom. The molecule has 9 heavy (non-hydrogen) atoms. The van der Waals surface area contributed by atoms with Gasteiger partial charge in [-0.25, -0.2) is 0 Å². The fourth-order valence-corrected chi connectivity index (χ4v) is 4.34. The minimum absolute atomic E-state index is 0.927. The van der Waals surface area contributed by atoms with E-state index in [9.17, 15) is 0 Å². The summed E-state index contributed by atoms with van der Waals surface area (Å²) in [5, 5.41) is 1.28. The highest BCUT2D eigenvalue weighted by molar-refractivity contribution is 9.09. The predicted octanol–water partition coefficient (Wildman–Crippen LogP) is 2.57. The van der Waals surface area contributed by atoms with E-state index in [0.29, 0.717) is 0 Å². The van der Waals surface area contributed by atoms with Crippen molar-refractivity contribution in [2.45, 2.75) is 25.7 Å². The van der Waals surface area contributed by atoms with Crippen molar-refractivity contribution in [2.24, 2.45) is 16.7 Å². The number of fused-ring (bicyclic) bond motifs is 1. The SMILES string of the molecule is BrCC1C2(CC2)C12CC2. The van der Waals surface area contributed by atoms with Crippen molar-refractivity contribution in [1.29, 1.82) is 0 Å². The van der Waals surface area contributed by atoms with Crippen LogP contribution in [0.2, 0.25) is 0 Å². The van der Waals surface area contributed by atoms with Gasteiger partial charge in [-0.1, -0.05) is 15.9 Å². The molecule has 0 saturated heterocycles. The fraction of sp³-hybridized carbons (Fsp3) is 1.00. The molecule has 2 spiro atoms. The van der Waals surface area contributed by atoms with Gasteiger partial charge in [0.25, 0.3) is 0 Å². The molecule has 0 aliphatic heterocycles. The van der Waals surface area contributed by atoms with Crippen LogP contribution in [-0.2, 0) is 0 Å². The average molecular weight is 187 g/mol. The molecular formula is C8H11Br. The van der Waals surface area contributed by atoms with Crippen molar-refractivity contribution in [3.63, 3.8) is 0 Å². The second-order valence-electron chi connectivity index (χ2n) is 4.02. The monoisotopic (exact) mass is 186 g/mol. The summed E-state index contributed by atoms with van der Waals surface area (Å²) in [6.07, 6.45) is 6.24. The molecular weight excluding hydrogens is 176 g/mol. The number of halogens is 1. The largest absolute Gasteiger partial charge is 0.0925 e. The van der Waals surface area contributed by atoms with Gasteiger partial charge in [0.1, 0.15) is 0 Å². The highest BCUT2D eigenvalue weighted by atomic mass is 79.9. The third-order valence-electron chi connectivity index (χ3n) is 3.97. The third-order valence-corrected chi connectivity index (χ3v) is 4.62. The normalized spacial score (nSPS) is 45.7.